The van der Waals surface area contributed by atoms with Crippen molar-refractivity contribution in [3.63, 3.8) is 0 Å². The minimum absolute atomic E-state index is 0.0542. The Morgan fingerprint density at radius 2 is 1.83 bits per heavy atom. The summed E-state index contributed by atoms with van der Waals surface area (Å²) in [5.41, 5.74) is 1.30. The highest BCUT2D eigenvalue weighted by Gasteiger charge is 2.48. The first-order chi connectivity index (χ1) is 17.4. The fourth-order valence-corrected chi connectivity index (χ4v) is 5.03. The molecule has 3 aliphatic heterocycles. The molecule has 3 saturated heterocycles. The van der Waals surface area contributed by atoms with Crippen molar-refractivity contribution in [2.24, 2.45) is 0 Å². The summed E-state index contributed by atoms with van der Waals surface area (Å²) in [5.74, 6) is -1.23. The number of aryl methyl sites for hydroxylation is 1. The Hall–Kier alpha value is -2.57. The monoisotopic (exact) mass is 523 g/mol. The van der Waals surface area contributed by atoms with Crippen molar-refractivity contribution in [1.82, 2.24) is 15.0 Å². The molecule has 1 unspecified atom stereocenters. The van der Waals surface area contributed by atoms with E-state index in [1.165, 1.54) is 12.1 Å². The third kappa shape index (κ3) is 4.61. The molecule has 3 aliphatic rings. The van der Waals surface area contributed by atoms with Crippen LogP contribution in [0.4, 0.5) is 8.78 Å². The van der Waals surface area contributed by atoms with E-state index in [1.54, 1.807) is 6.07 Å². The van der Waals surface area contributed by atoms with Crippen molar-refractivity contribution in [3.8, 4) is 11.8 Å². The highest BCUT2D eigenvalue weighted by atomic mass is 35.5. The second-order valence-corrected chi connectivity index (χ2v) is 9.53. The molecule has 0 bridgehead atoms. The number of nitrogens with zero attached hydrogens (tertiary/aromatic N) is 2. The van der Waals surface area contributed by atoms with Crippen LogP contribution in [0.25, 0.3) is 11.2 Å². The van der Waals surface area contributed by atoms with E-state index in [4.69, 9.17) is 35.3 Å². The number of hydrogen-bond acceptors (Lipinski definition) is 8. The minimum atomic E-state index is -0.687. The molecule has 12 heteroatoms. The Bertz CT molecular complexity index is 1250. The third-order valence-corrected chi connectivity index (χ3v) is 6.97. The average Bonchev–Trinajstić information content (AvgIpc) is 3.62. The number of H-pyrrole nitrogens is 1. The molecule has 0 radical (unpaired) electrons. The Morgan fingerprint density at radius 3 is 2.61 bits per heavy atom. The topological polar surface area (TPSA) is 108 Å². The van der Waals surface area contributed by atoms with Crippen LogP contribution >= 0.6 is 11.6 Å². The molecule has 5 heterocycles. The molecule has 1 aromatic carbocycles. The number of hydrogen-bond donors (Lipinski definition) is 2. The summed E-state index contributed by atoms with van der Waals surface area (Å²) >= 11 is 6.40. The lowest BCUT2D eigenvalue weighted by Gasteiger charge is -2.15. The maximum Gasteiger partial charge on any atom is 0.296 e. The molecule has 0 spiro atoms. The van der Waals surface area contributed by atoms with Crippen LogP contribution in [0.5, 0.6) is 11.8 Å². The Morgan fingerprint density at radius 1 is 1.03 bits per heavy atom. The molecule has 2 aromatic heterocycles. The van der Waals surface area contributed by atoms with Gasteiger partial charge in [0.1, 0.15) is 41.8 Å². The van der Waals surface area contributed by atoms with Crippen LogP contribution < -0.4 is 9.47 Å². The van der Waals surface area contributed by atoms with Gasteiger partial charge in [0.2, 0.25) is 0 Å². The van der Waals surface area contributed by atoms with Crippen LogP contribution in [0.15, 0.2) is 18.2 Å². The number of pyridine rings is 1. The zero-order valence-electron chi connectivity index (χ0n) is 19.1. The van der Waals surface area contributed by atoms with Gasteiger partial charge in [-0.05, 0) is 18.9 Å². The van der Waals surface area contributed by atoms with Gasteiger partial charge in [0.25, 0.3) is 6.01 Å². The lowest BCUT2D eigenvalue weighted by molar-refractivity contribution is 0.00706. The molecule has 9 nitrogen and oxygen atoms in total. The van der Waals surface area contributed by atoms with Gasteiger partial charge in [-0.15, -0.1) is 0 Å². The molecule has 36 heavy (non-hydrogen) atoms. The van der Waals surface area contributed by atoms with Gasteiger partial charge in [0.05, 0.1) is 42.7 Å². The van der Waals surface area contributed by atoms with Crippen LogP contribution in [0, 0.1) is 11.6 Å². The Balaban J connectivity index is 1.14. The summed E-state index contributed by atoms with van der Waals surface area (Å²) in [6.07, 6.45) is -1.17. The zero-order chi connectivity index (χ0) is 24.8. The predicted octanol–water partition coefficient (Wildman–Crippen LogP) is 2.75. The molecule has 5 atom stereocenters. The fourth-order valence-electron chi connectivity index (χ4n) is 4.78. The van der Waals surface area contributed by atoms with Crippen molar-refractivity contribution < 1.29 is 37.6 Å². The summed E-state index contributed by atoms with van der Waals surface area (Å²) in [5, 5.41) is 10.2. The van der Waals surface area contributed by atoms with E-state index in [-0.39, 0.29) is 55.6 Å². The van der Waals surface area contributed by atoms with Crippen molar-refractivity contribution in [2.45, 2.75) is 49.8 Å². The average molecular weight is 524 g/mol. The van der Waals surface area contributed by atoms with Gasteiger partial charge in [0, 0.05) is 24.1 Å². The van der Waals surface area contributed by atoms with E-state index in [2.05, 4.69) is 15.0 Å². The van der Waals surface area contributed by atoms with Crippen molar-refractivity contribution >= 4 is 22.8 Å². The SMILES string of the molecule is O[C@@H]1CO[C@H]2[C@@H]1OC[C@H]2Oc1nc2nc(CCc3c(F)cc(OC4CCOC4)cc3F)c(Cl)cc2[nH]1. The maximum atomic E-state index is 14.7. The van der Waals surface area contributed by atoms with Crippen molar-refractivity contribution in [3.05, 3.63) is 46.1 Å². The van der Waals surface area contributed by atoms with Crippen molar-refractivity contribution in [1.29, 1.82) is 0 Å². The Labute approximate surface area is 209 Å². The van der Waals surface area contributed by atoms with Gasteiger partial charge in [-0.1, -0.05) is 11.6 Å². The standard InChI is InChI=1S/C24H24ClF2N3O6/c25-14-7-18-23(30-24(29-18)36-20-10-34-21-19(31)9-33-22(20)21)28-17(14)2-1-13-15(26)5-12(6-16(13)27)35-11-3-4-32-8-11/h5-7,11,19-22,31H,1-4,8-10H2,(H,28,29,30)/t11?,19-,20-,21-,22-/m1/s1. The number of nitrogens with one attached hydrogen (secondary N) is 1. The van der Waals surface area contributed by atoms with E-state index in [9.17, 15) is 13.9 Å². The van der Waals surface area contributed by atoms with Crippen LogP contribution in [-0.4, -0.2) is 77.0 Å². The third-order valence-electron chi connectivity index (χ3n) is 6.64. The highest BCUT2D eigenvalue weighted by molar-refractivity contribution is 6.31. The number of aliphatic hydroxyl groups is 1. The lowest BCUT2D eigenvalue weighted by atomic mass is 10.1. The van der Waals surface area contributed by atoms with Crippen LogP contribution in [-0.2, 0) is 27.1 Å². The molecule has 3 aromatic rings. The number of aliphatic hydroxyl groups excluding tert-OH is 1. The minimum Gasteiger partial charge on any atom is -0.488 e. The molecule has 0 amide bonds. The highest BCUT2D eigenvalue weighted by Crippen LogP contribution is 2.31. The molecular weight excluding hydrogens is 500 g/mol. The van der Waals surface area contributed by atoms with Crippen LogP contribution in [0.2, 0.25) is 5.02 Å². The van der Waals surface area contributed by atoms with E-state index < -0.39 is 29.9 Å². The van der Waals surface area contributed by atoms with E-state index in [0.29, 0.717) is 41.5 Å². The van der Waals surface area contributed by atoms with Crippen molar-refractivity contribution in [2.75, 3.05) is 26.4 Å². The molecule has 6 rings (SSSR count). The number of rotatable bonds is 7. The maximum absolute atomic E-state index is 14.7. The first-order valence-corrected chi connectivity index (χ1v) is 12.2. The molecule has 0 aliphatic carbocycles. The summed E-state index contributed by atoms with van der Waals surface area (Å²) in [6, 6.07) is 4.24. The molecule has 0 saturated carbocycles. The van der Waals surface area contributed by atoms with Crippen LogP contribution in [0.1, 0.15) is 17.7 Å². The summed E-state index contributed by atoms with van der Waals surface area (Å²) < 4.78 is 57.2. The van der Waals surface area contributed by atoms with Gasteiger partial charge in [-0.25, -0.2) is 13.8 Å². The second-order valence-electron chi connectivity index (χ2n) is 9.12. The number of ether oxygens (including phenoxy) is 5. The Kier molecular flexibility index (Phi) is 6.42. The largest absolute Gasteiger partial charge is 0.488 e. The number of imidazole rings is 1. The van der Waals surface area contributed by atoms with E-state index in [0.717, 1.165) is 0 Å². The lowest BCUT2D eigenvalue weighted by Crippen LogP contribution is -2.34. The van der Waals surface area contributed by atoms with Gasteiger partial charge < -0.3 is 33.8 Å². The van der Waals surface area contributed by atoms with Gasteiger partial charge in [-0.3, -0.25) is 0 Å². The summed E-state index contributed by atoms with van der Waals surface area (Å²) in [6.45, 7) is 1.44. The molecule has 2 N–H and O–H groups in total. The number of aromatic amines is 1. The first-order valence-electron chi connectivity index (χ1n) is 11.8. The first kappa shape index (κ1) is 23.8. The second kappa shape index (κ2) is 9.71. The van der Waals surface area contributed by atoms with Gasteiger partial charge >= 0.3 is 0 Å². The summed E-state index contributed by atoms with van der Waals surface area (Å²) in [4.78, 5) is 11.8. The number of benzene rings is 1. The zero-order valence-corrected chi connectivity index (χ0v) is 19.8. The molecule has 3 fully saturated rings. The van der Waals surface area contributed by atoms with E-state index in [1.807, 2.05) is 0 Å². The van der Waals surface area contributed by atoms with E-state index >= 15 is 0 Å². The van der Waals surface area contributed by atoms with Gasteiger partial charge in [0.15, 0.2) is 11.8 Å². The molecule has 192 valence electrons. The van der Waals surface area contributed by atoms with Crippen LogP contribution in [0.3, 0.4) is 0 Å². The normalized spacial score (nSPS) is 27.6. The number of fused-ring (bicyclic) bond motifs is 2. The predicted molar refractivity (Wildman–Crippen MR) is 122 cm³/mol. The number of halogens is 3. The quantitative estimate of drug-likeness (QED) is 0.487. The number of aromatic nitrogens is 3. The fraction of sp³-hybridized carbons (Fsp3) is 0.500. The molecular formula is C24H24ClF2N3O6. The summed E-state index contributed by atoms with van der Waals surface area (Å²) in [7, 11) is 0. The smallest absolute Gasteiger partial charge is 0.296 e. The van der Waals surface area contributed by atoms with Gasteiger partial charge in [-0.2, -0.15) is 4.98 Å².